The number of nitrogens with one attached hydrogen (secondary N) is 1. The lowest BCUT2D eigenvalue weighted by Crippen LogP contribution is -2.15. The quantitative estimate of drug-likeness (QED) is 0.738. The van der Waals surface area contributed by atoms with E-state index in [9.17, 15) is 12.6 Å². The Hall–Kier alpha value is -1.03. The van der Waals surface area contributed by atoms with Crippen LogP contribution in [0, 0.1) is 0 Å². The van der Waals surface area contributed by atoms with Crippen LogP contribution in [0.4, 0.5) is 19.1 Å². The lowest BCUT2D eigenvalue weighted by Gasteiger charge is -2.31. The minimum atomic E-state index is -4.67. The Balaban J connectivity index is 2.89. The summed E-state index contributed by atoms with van der Waals surface area (Å²) in [5, 5.41) is 2.46. The van der Waals surface area contributed by atoms with Crippen LogP contribution in [0.3, 0.4) is 0 Å². The molecule has 0 fully saturated rings. The number of carbonyl (C=O) groups is 1. The van der Waals surface area contributed by atoms with Crippen molar-refractivity contribution in [3.8, 4) is 0 Å². The molecule has 0 saturated heterocycles. The van der Waals surface area contributed by atoms with Gasteiger partial charge in [0.25, 0.3) is 0 Å². The Morgan fingerprint density at radius 2 is 1.94 bits per heavy atom. The Morgan fingerprint density at radius 3 is 2.29 bits per heavy atom. The van der Waals surface area contributed by atoms with E-state index < -0.39 is 23.5 Å². The van der Waals surface area contributed by atoms with E-state index >= 15 is 0 Å². The average Bonchev–Trinajstić information content (AvgIpc) is 2.18. The minimum Gasteiger partial charge on any atom is -0.326 e. The van der Waals surface area contributed by atoms with Gasteiger partial charge in [0.1, 0.15) is 0 Å². The molecule has 0 spiro atoms. The molecular formula is C8H10F2N2O3S2. The van der Waals surface area contributed by atoms with Gasteiger partial charge < -0.3 is 5.32 Å². The molecule has 0 aliphatic rings. The molecule has 1 rings (SSSR count). The lowest BCUT2D eigenvalue weighted by atomic mass is 10.3. The van der Waals surface area contributed by atoms with E-state index in [0.717, 1.165) is 0 Å². The summed E-state index contributed by atoms with van der Waals surface area (Å²) in [5.41, 5.74) is 0.356. The second-order valence-corrected chi connectivity index (χ2v) is 5.01. The van der Waals surface area contributed by atoms with Gasteiger partial charge in [0.2, 0.25) is 5.91 Å². The second-order valence-electron chi connectivity index (χ2n) is 3.01. The third-order valence-corrected chi connectivity index (χ3v) is 3.38. The van der Waals surface area contributed by atoms with Crippen molar-refractivity contribution in [2.75, 3.05) is 9.03 Å². The maximum atomic E-state index is 12.8. The van der Waals surface area contributed by atoms with Crippen molar-refractivity contribution < 1.29 is 21.7 Å². The van der Waals surface area contributed by atoms with Crippen molar-refractivity contribution in [1.29, 1.82) is 0 Å². The fourth-order valence-electron chi connectivity index (χ4n) is 1.08. The predicted molar refractivity (Wildman–Crippen MR) is 65.9 cm³/mol. The van der Waals surface area contributed by atoms with Crippen molar-refractivity contribution in [1.82, 2.24) is 0 Å². The molecule has 96 valence electrons. The summed E-state index contributed by atoms with van der Waals surface area (Å²) < 4.78 is 42.8. The third-order valence-electron chi connectivity index (χ3n) is 1.67. The highest BCUT2D eigenvalue weighted by atomic mass is 32.3. The molecule has 0 unspecified atom stereocenters. The molecule has 17 heavy (non-hydrogen) atoms. The number of halogens is 2. The highest BCUT2D eigenvalue weighted by molar-refractivity contribution is 8.29. The van der Waals surface area contributed by atoms with E-state index in [0.29, 0.717) is 5.69 Å². The summed E-state index contributed by atoms with van der Waals surface area (Å²) >= 11 is -5.31. The predicted octanol–water partition coefficient (Wildman–Crippen LogP) is 3.53. The summed E-state index contributed by atoms with van der Waals surface area (Å²) in [6.45, 7) is 1.32. The molecule has 0 aliphatic carbocycles. The largest absolute Gasteiger partial charge is 0.326 e. The molecule has 0 aliphatic heterocycles. The highest BCUT2D eigenvalue weighted by Crippen LogP contribution is 2.52. The van der Waals surface area contributed by atoms with Crippen LogP contribution < -0.4 is 9.03 Å². The number of anilines is 2. The molecule has 1 aromatic rings. The monoisotopic (exact) mass is 284 g/mol. The molecule has 5 nitrogen and oxygen atoms in total. The molecule has 0 atom stereocenters. The van der Waals surface area contributed by atoms with Crippen molar-refractivity contribution in [2.45, 2.75) is 6.92 Å². The van der Waals surface area contributed by atoms with Crippen LogP contribution in [-0.4, -0.2) is 15.0 Å². The molecule has 0 aromatic heterocycles. The van der Waals surface area contributed by atoms with Gasteiger partial charge in [-0.25, -0.2) is 0 Å². The summed E-state index contributed by atoms with van der Waals surface area (Å²) in [5.74, 6) is -0.288. The molecule has 0 saturated carbocycles. The standard InChI is InChI=1S/C8H10F2N2O3S2/c1-6(13)11-7-2-4-8(5-3-7)12(16-9)17(10,14)15/h2-5,14-15H,1H3,(H,11,13). The van der Waals surface area contributed by atoms with Gasteiger partial charge in [0.05, 0.1) is 16.8 Å². The van der Waals surface area contributed by atoms with E-state index in [1.165, 1.54) is 31.2 Å². The van der Waals surface area contributed by atoms with Gasteiger partial charge in [-0.3, -0.25) is 13.9 Å². The zero-order chi connectivity index (χ0) is 13.1. The van der Waals surface area contributed by atoms with Crippen LogP contribution in [0.5, 0.6) is 0 Å². The van der Waals surface area contributed by atoms with Gasteiger partial charge in [-0.15, -0.1) is 3.89 Å². The summed E-state index contributed by atoms with van der Waals surface area (Å²) in [4.78, 5) is 10.7. The number of nitrogens with zero attached hydrogens (tertiary/aromatic N) is 1. The second kappa shape index (κ2) is 5.54. The number of carbonyl (C=O) groups excluding carboxylic acids is 1. The Bertz CT molecular complexity index is 397. The maximum absolute atomic E-state index is 12.8. The summed E-state index contributed by atoms with van der Waals surface area (Å²) in [7, 11) is 0. The first kappa shape index (κ1) is 14.0. The van der Waals surface area contributed by atoms with Gasteiger partial charge in [-0.05, 0) is 24.3 Å². The van der Waals surface area contributed by atoms with Crippen LogP contribution in [0.2, 0.25) is 0 Å². The smallest absolute Gasteiger partial charge is 0.221 e. The molecular weight excluding hydrogens is 274 g/mol. The minimum absolute atomic E-state index is 0.0749. The zero-order valence-corrected chi connectivity index (χ0v) is 10.3. The molecule has 1 amide bonds. The molecule has 0 radical (unpaired) electrons. The summed E-state index contributed by atoms with van der Waals surface area (Å²) in [6.07, 6.45) is 0. The van der Waals surface area contributed by atoms with E-state index in [1.807, 2.05) is 0 Å². The van der Waals surface area contributed by atoms with Crippen molar-refractivity contribution >= 4 is 40.8 Å². The van der Waals surface area contributed by atoms with E-state index in [2.05, 4.69) is 5.32 Å². The molecule has 0 heterocycles. The van der Waals surface area contributed by atoms with Gasteiger partial charge >= 0.3 is 0 Å². The third kappa shape index (κ3) is 4.04. The van der Waals surface area contributed by atoms with Crippen LogP contribution >= 0.6 is 23.5 Å². The normalized spacial score (nSPS) is 12.1. The maximum Gasteiger partial charge on any atom is 0.221 e. The number of rotatable bonds is 4. The Labute approximate surface area is 103 Å². The van der Waals surface area contributed by atoms with Gasteiger partial charge in [-0.2, -0.15) is 3.71 Å². The average molecular weight is 284 g/mol. The van der Waals surface area contributed by atoms with Gasteiger partial charge in [0, 0.05) is 12.6 Å². The number of amides is 1. The van der Waals surface area contributed by atoms with E-state index in [-0.39, 0.29) is 15.3 Å². The summed E-state index contributed by atoms with van der Waals surface area (Å²) in [6, 6.07) is 5.24. The van der Waals surface area contributed by atoms with Crippen molar-refractivity contribution in [3.05, 3.63) is 24.3 Å². The Kier molecular flexibility index (Phi) is 4.57. The topological polar surface area (TPSA) is 72.8 Å². The van der Waals surface area contributed by atoms with E-state index in [1.54, 1.807) is 0 Å². The molecule has 9 heteroatoms. The zero-order valence-electron chi connectivity index (χ0n) is 8.63. The highest BCUT2D eigenvalue weighted by Gasteiger charge is 2.24. The molecule has 0 bridgehead atoms. The molecule has 3 N–H and O–H groups in total. The van der Waals surface area contributed by atoms with Crippen LogP contribution in [0.25, 0.3) is 0 Å². The van der Waals surface area contributed by atoms with Crippen LogP contribution in [0.15, 0.2) is 24.3 Å². The first-order valence-electron chi connectivity index (χ1n) is 4.29. The van der Waals surface area contributed by atoms with Crippen LogP contribution in [-0.2, 0) is 4.79 Å². The molecule has 1 aromatic carbocycles. The number of hydrogen-bond acceptors (Lipinski definition) is 5. The number of benzene rings is 1. The fraction of sp³-hybridized carbons (Fsp3) is 0.125. The SMILES string of the molecule is CC(=O)Nc1ccc(N(SF)S(O)(O)F)cc1. The Morgan fingerprint density at radius 1 is 1.41 bits per heavy atom. The number of hydrogen-bond donors (Lipinski definition) is 3. The van der Waals surface area contributed by atoms with Crippen LogP contribution in [0.1, 0.15) is 6.92 Å². The van der Waals surface area contributed by atoms with E-state index in [4.69, 9.17) is 9.11 Å². The lowest BCUT2D eigenvalue weighted by molar-refractivity contribution is -0.114. The first-order chi connectivity index (χ1) is 7.84. The fourth-order valence-corrected chi connectivity index (χ4v) is 1.96. The van der Waals surface area contributed by atoms with Crippen molar-refractivity contribution in [2.24, 2.45) is 0 Å². The van der Waals surface area contributed by atoms with Gasteiger partial charge in [0.15, 0.2) is 12.3 Å². The van der Waals surface area contributed by atoms with Gasteiger partial charge in [-0.1, -0.05) is 3.89 Å². The van der Waals surface area contributed by atoms with Crippen molar-refractivity contribution in [3.63, 3.8) is 0 Å². The first-order valence-corrected chi connectivity index (χ1v) is 6.37.